The Morgan fingerprint density at radius 3 is 2.35 bits per heavy atom. The van der Waals surface area contributed by atoms with Crippen molar-refractivity contribution < 1.29 is 4.74 Å². The number of ether oxygens (including phenoxy) is 1. The molecule has 2 aromatic carbocycles. The van der Waals surface area contributed by atoms with Crippen molar-refractivity contribution in [3.8, 4) is 5.75 Å². The van der Waals surface area contributed by atoms with Crippen LogP contribution in [0.5, 0.6) is 5.75 Å². The van der Waals surface area contributed by atoms with Crippen molar-refractivity contribution in [3.05, 3.63) is 65.1 Å². The van der Waals surface area contributed by atoms with E-state index in [1.54, 1.807) is 6.07 Å². The largest absolute Gasteiger partial charge is 0.455 e. The minimum absolute atomic E-state index is 0.579. The number of rotatable bonds is 3. The van der Waals surface area contributed by atoms with E-state index in [0.29, 0.717) is 17.2 Å². The molecule has 86 valence electrons. The molecule has 17 heavy (non-hydrogen) atoms. The first-order valence-corrected chi connectivity index (χ1v) is 5.93. The highest BCUT2D eigenvalue weighted by Gasteiger charge is 2.04. The van der Waals surface area contributed by atoms with Crippen molar-refractivity contribution in [1.82, 2.24) is 0 Å². The van der Waals surface area contributed by atoms with Crippen molar-refractivity contribution in [1.29, 1.82) is 0 Å². The number of hydrogen-bond acceptors (Lipinski definition) is 2. The molecular weight excluding hydrogens is 278 g/mol. The molecule has 0 spiro atoms. The van der Waals surface area contributed by atoms with Gasteiger partial charge in [0.2, 0.25) is 0 Å². The summed E-state index contributed by atoms with van der Waals surface area (Å²) in [5, 5.41) is 0. The molecule has 0 heterocycles. The molecule has 0 saturated heterocycles. The molecule has 0 fully saturated rings. The zero-order chi connectivity index (χ0) is 12.3. The molecule has 0 unspecified atom stereocenters. The number of anilines is 1. The first kappa shape index (κ1) is 11.7. The Hall–Kier alpha value is -1.74. The number of halogens is 1. The Morgan fingerprint density at radius 2 is 1.71 bits per heavy atom. The van der Waals surface area contributed by atoms with Crippen LogP contribution in [0.25, 0.3) is 5.76 Å². The Kier molecular flexibility index (Phi) is 3.49. The molecule has 2 nitrogen and oxygen atoms in total. The second-order valence-electron chi connectivity index (χ2n) is 3.57. The van der Waals surface area contributed by atoms with E-state index in [4.69, 9.17) is 10.5 Å². The number of nitrogens with two attached hydrogens (primary N) is 1. The third kappa shape index (κ3) is 2.88. The molecule has 0 aliphatic heterocycles. The normalized spacial score (nSPS) is 9.94. The van der Waals surface area contributed by atoms with Gasteiger partial charge in [0.25, 0.3) is 0 Å². The van der Waals surface area contributed by atoms with Crippen molar-refractivity contribution in [2.75, 3.05) is 5.73 Å². The maximum Gasteiger partial charge on any atom is 0.150 e. The average molecular weight is 290 g/mol. The fraction of sp³-hybridized carbons (Fsp3) is 0. The standard InChI is InChI=1S/C14H12BrNO/c1-10(11-6-8-12(15)9-7-11)17-14-5-3-2-4-13(14)16/h2-9H,1,16H2. The Morgan fingerprint density at radius 1 is 1.06 bits per heavy atom. The van der Waals surface area contributed by atoms with Crippen molar-refractivity contribution in [2.45, 2.75) is 0 Å². The maximum absolute atomic E-state index is 5.80. The number of hydrogen-bond donors (Lipinski definition) is 1. The second kappa shape index (κ2) is 5.06. The van der Waals surface area contributed by atoms with Gasteiger partial charge >= 0.3 is 0 Å². The number of para-hydroxylation sites is 2. The smallest absolute Gasteiger partial charge is 0.150 e. The van der Waals surface area contributed by atoms with E-state index in [-0.39, 0.29) is 0 Å². The fourth-order valence-corrected chi connectivity index (χ4v) is 1.67. The third-order valence-electron chi connectivity index (χ3n) is 2.32. The van der Waals surface area contributed by atoms with Gasteiger partial charge in [-0.1, -0.05) is 46.8 Å². The van der Waals surface area contributed by atoms with Crippen LogP contribution in [-0.2, 0) is 0 Å². The summed E-state index contributed by atoms with van der Waals surface area (Å²) in [6.45, 7) is 3.90. The van der Waals surface area contributed by atoms with E-state index in [0.717, 1.165) is 10.0 Å². The van der Waals surface area contributed by atoms with Gasteiger partial charge in [-0.3, -0.25) is 0 Å². The van der Waals surface area contributed by atoms with Crippen LogP contribution in [0.2, 0.25) is 0 Å². The highest BCUT2D eigenvalue weighted by atomic mass is 79.9. The van der Waals surface area contributed by atoms with Crippen molar-refractivity contribution in [2.24, 2.45) is 0 Å². The number of nitrogen functional groups attached to an aromatic ring is 1. The summed E-state index contributed by atoms with van der Waals surface area (Å²) in [7, 11) is 0. The van der Waals surface area contributed by atoms with Gasteiger partial charge < -0.3 is 10.5 Å². The molecule has 0 aliphatic carbocycles. The van der Waals surface area contributed by atoms with E-state index in [1.807, 2.05) is 42.5 Å². The minimum atomic E-state index is 0.579. The van der Waals surface area contributed by atoms with E-state index >= 15 is 0 Å². The molecule has 3 heteroatoms. The number of benzene rings is 2. The van der Waals surface area contributed by atoms with Gasteiger partial charge in [-0.2, -0.15) is 0 Å². The Balaban J connectivity index is 2.17. The molecule has 0 saturated carbocycles. The molecule has 0 radical (unpaired) electrons. The zero-order valence-electron chi connectivity index (χ0n) is 9.19. The highest BCUT2D eigenvalue weighted by Crippen LogP contribution is 2.25. The molecule has 0 aromatic heterocycles. The van der Waals surface area contributed by atoms with Crippen molar-refractivity contribution >= 4 is 27.4 Å². The second-order valence-corrected chi connectivity index (χ2v) is 4.49. The van der Waals surface area contributed by atoms with Gasteiger partial charge in [0, 0.05) is 10.0 Å². The summed E-state index contributed by atoms with van der Waals surface area (Å²) in [4.78, 5) is 0. The first-order chi connectivity index (χ1) is 8.16. The topological polar surface area (TPSA) is 35.2 Å². The molecule has 0 amide bonds. The molecule has 2 N–H and O–H groups in total. The maximum atomic E-state index is 5.80. The van der Waals surface area contributed by atoms with E-state index in [2.05, 4.69) is 22.5 Å². The lowest BCUT2D eigenvalue weighted by molar-refractivity contribution is 0.519. The van der Waals surface area contributed by atoms with Gasteiger partial charge in [0.1, 0.15) is 11.5 Å². The van der Waals surface area contributed by atoms with Gasteiger partial charge in [0.15, 0.2) is 0 Å². The van der Waals surface area contributed by atoms with Crippen LogP contribution in [0.4, 0.5) is 5.69 Å². The lowest BCUT2D eigenvalue weighted by Gasteiger charge is -2.10. The van der Waals surface area contributed by atoms with Crippen LogP contribution >= 0.6 is 15.9 Å². The van der Waals surface area contributed by atoms with E-state index in [9.17, 15) is 0 Å². The van der Waals surface area contributed by atoms with E-state index in [1.165, 1.54) is 0 Å². The van der Waals surface area contributed by atoms with Crippen LogP contribution in [0.15, 0.2) is 59.6 Å². The van der Waals surface area contributed by atoms with Gasteiger partial charge in [-0.05, 0) is 24.3 Å². The van der Waals surface area contributed by atoms with Crippen LogP contribution in [0.1, 0.15) is 5.56 Å². The highest BCUT2D eigenvalue weighted by molar-refractivity contribution is 9.10. The van der Waals surface area contributed by atoms with Gasteiger partial charge in [0.05, 0.1) is 5.69 Å². The average Bonchev–Trinajstić information content (AvgIpc) is 2.33. The SMILES string of the molecule is C=C(Oc1ccccc1N)c1ccc(Br)cc1. The predicted molar refractivity (Wildman–Crippen MR) is 74.7 cm³/mol. The zero-order valence-corrected chi connectivity index (χ0v) is 10.8. The van der Waals surface area contributed by atoms with Gasteiger partial charge in [-0.15, -0.1) is 0 Å². The van der Waals surface area contributed by atoms with Crippen molar-refractivity contribution in [3.63, 3.8) is 0 Å². The summed E-state index contributed by atoms with van der Waals surface area (Å²) in [5.41, 5.74) is 7.33. The molecular formula is C14H12BrNO. The summed E-state index contributed by atoms with van der Waals surface area (Å²) in [6, 6.07) is 15.1. The summed E-state index contributed by atoms with van der Waals surface area (Å²) in [6.07, 6.45) is 0. The van der Waals surface area contributed by atoms with Crippen LogP contribution in [0, 0.1) is 0 Å². The lowest BCUT2D eigenvalue weighted by Crippen LogP contribution is -1.96. The molecule has 0 atom stereocenters. The van der Waals surface area contributed by atoms with Crippen LogP contribution < -0.4 is 10.5 Å². The molecule has 2 rings (SSSR count). The quantitative estimate of drug-likeness (QED) is 0.683. The molecule has 0 aliphatic rings. The third-order valence-corrected chi connectivity index (χ3v) is 2.85. The first-order valence-electron chi connectivity index (χ1n) is 5.14. The Bertz CT molecular complexity index is 534. The Labute approximate surface area is 109 Å². The predicted octanol–water partition coefficient (Wildman–Crippen LogP) is 4.08. The fourth-order valence-electron chi connectivity index (χ4n) is 1.40. The van der Waals surface area contributed by atoms with Crippen LogP contribution in [0.3, 0.4) is 0 Å². The summed E-state index contributed by atoms with van der Waals surface area (Å²) >= 11 is 3.38. The minimum Gasteiger partial charge on any atom is -0.455 e. The molecule has 2 aromatic rings. The van der Waals surface area contributed by atoms with Gasteiger partial charge in [-0.25, -0.2) is 0 Å². The monoisotopic (exact) mass is 289 g/mol. The van der Waals surface area contributed by atoms with Crippen LogP contribution in [-0.4, -0.2) is 0 Å². The lowest BCUT2D eigenvalue weighted by atomic mass is 10.2. The summed E-state index contributed by atoms with van der Waals surface area (Å²) in [5.74, 6) is 1.20. The molecule has 0 bridgehead atoms. The summed E-state index contributed by atoms with van der Waals surface area (Å²) < 4.78 is 6.66. The van der Waals surface area contributed by atoms with E-state index < -0.39 is 0 Å².